The van der Waals surface area contributed by atoms with E-state index in [1.807, 2.05) is 0 Å². The quantitative estimate of drug-likeness (QED) is 0.230. The monoisotopic (exact) mass is 362 g/mol. The second-order valence-electron chi connectivity index (χ2n) is 6.66. The molecule has 0 fully saturated rings. The fourth-order valence-electron chi connectivity index (χ4n) is 2.84. The molecular formula is C19H38O4S. The molecule has 24 heavy (non-hydrogen) atoms. The predicted molar refractivity (Wildman–Crippen MR) is 105 cm³/mol. The van der Waals surface area contributed by atoms with Crippen molar-refractivity contribution in [3.05, 3.63) is 0 Å². The Kier molecular flexibility index (Phi) is 16.6. The molecule has 0 bridgehead atoms. The molecule has 0 unspecified atom stereocenters. The minimum Gasteiger partial charge on any atom is -0.481 e. The summed E-state index contributed by atoms with van der Waals surface area (Å²) in [5.74, 6) is 0.853. The van der Waals surface area contributed by atoms with Crippen LogP contribution in [0.4, 0.5) is 0 Å². The molecule has 0 atom stereocenters. The number of hydrogen-bond acceptors (Lipinski definition) is 2. The van der Waals surface area contributed by atoms with Gasteiger partial charge in [-0.05, 0) is 23.7 Å². The van der Waals surface area contributed by atoms with E-state index in [0.717, 1.165) is 12.2 Å². The van der Waals surface area contributed by atoms with E-state index in [1.54, 1.807) is 0 Å². The van der Waals surface area contributed by atoms with Gasteiger partial charge in [0.1, 0.15) is 0 Å². The molecule has 0 aromatic heterocycles. The topological polar surface area (TPSA) is 74.6 Å². The summed E-state index contributed by atoms with van der Waals surface area (Å²) in [5.41, 5.74) is 0. The summed E-state index contributed by atoms with van der Waals surface area (Å²) >= 11 is 0. The maximum atomic E-state index is 10.7. The summed E-state index contributed by atoms with van der Waals surface area (Å²) in [5, 5.41) is 17.6. The summed E-state index contributed by atoms with van der Waals surface area (Å²) in [6.45, 7) is 2.25. The number of carboxylic acids is 2. The van der Waals surface area contributed by atoms with Crippen molar-refractivity contribution in [1.29, 1.82) is 0 Å². The fraction of sp³-hybridized carbons (Fsp3) is 0.895. The highest BCUT2D eigenvalue weighted by Crippen LogP contribution is 2.29. The average molecular weight is 363 g/mol. The van der Waals surface area contributed by atoms with Crippen LogP contribution in [0, 0.1) is 0 Å². The highest BCUT2D eigenvalue weighted by atomic mass is 32.2. The van der Waals surface area contributed by atoms with Gasteiger partial charge in [0.25, 0.3) is 0 Å². The minimum absolute atomic E-state index is 0.184. The first kappa shape index (κ1) is 23.3. The largest absolute Gasteiger partial charge is 0.481 e. The van der Waals surface area contributed by atoms with E-state index in [1.165, 1.54) is 64.2 Å². The zero-order valence-corrected chi connectivity index (χ0v) is 16.4. The lowest BCUT2D eigenvalue weighted by Crippen LogP contribution is -2.08. The molecule has 0 rings (SSSR count). The number of rotatable bonds is 18. The van der Waals surface area contributed by atoms with Crippen molar-refractivity contribution < 1.29 is 19.8 Å². The van der Waals surface area contributed by atoms with Gasteiger partial charge in [-0.1, -0.05) is 71.1 Å². The molecule has 0 aliphatic heterocycles. The second-order valence-corrected chi connectivity index (χ2v) is 9.35. The van der Waals surface area contributed by atoms with E-state index < -0.39 is 22.8 Å². The van der Waals surface area contributed by atoms with Crippen LogP contribution in [0.3, 0.4) is 0 Å². The van der Waals surface area contributed by atoms with Gasteiger partial charge in [-0.25, -0.2) is 0 Å². The van der Waals surface area contributed by atoms with Crippen molar-refractivity contribution in [2.45, 2.75) is 90.4 Å². The van der Waals surface area contributed by atoms with Crippen LogP contribution in [0.25, 0.3) is 0 Å². The van der Waals surface area contributed by atoms with Crippen molar-refractivity contribution >= 4 is 22.8 Å². The zero-order valence-electron chi connectivity index (χ0n) is 15.5. The molecule has 144 valence electrons. The van der Waals surface area contributed by atoms with Crippen LogP contribution in [0.2, 0.25) is 0 Å². The van der Waals surface area contributed by atoms with Gasteiger partial charge in [0.05, 0.1) is 12.8 Å². The van der Waals surface area contributed by atoms with E-state index in [-0.39, 0.29) is 12.8 Å². The Bertz CT molecular complexity index is 302. The van der Waals surface area contributed by atoms with Crippen LogP contribution in [0.1, 0.15) is 90.4 Å². The van der Waals surface area contributed by atoms with Gasteiger partial charge in [-0.15, -0.1) is 0 Å². The van der Waals surface area contributed by atoms with Gasteiger partial charge in [-0.2, -0.15) is 0 Å². The molecule has 4 nitrogen and oxygen atoms in total. The Morgan fingerprint density at radius 3 is 1.38 bits per heavy atom. The summed E-state index contributed by atoms with van der Waals surface area (Å²) in [6, 6.07) is 0. The number of unbranched alkanes of at least 4 members (excludes halogenated alkanes) is 10. The molecule has 0 aromatic carbocycles. The highest BCUT2D eigenvalue weighted by molar-refractivity contribution is 8.17. The lowest BCUT2D eigenvalue weighted by molar-refractivity contribution is -0.137. The number of thiol groups is 1. The second kappa shape index (κ2) is 17.1. The van der Waals surface area contributed by atoms with Gasteiger partial charge in [0.15, 0.2) is 0 Å². The third-order valence-corrected chi connectivity index (χ3v) is 7.02. The Hall–Kier alpha value is -0.710. The Morgan fingerprint density at radius 1 is 0.625 bits per heavy atom. The first-order valence-corrected chi connectivity index (χ1v) is 11.6. The summed E-state index contributed by atoms with van der Waals surface area (Å²) in [6.07, 6.45) is 14.8. The lowest BCUT2D eigenvalue weighted by atomic mass is 10.1. The van der Waals surface area contributed by atoms with Crippen LogP contribution in [-0.2, 0) is 9.59 Å². The van der Waals surface area contributed by atoms with Gasteiger partial charge in [0.2, 0.25) is 0 Å². The molecule has 0 heterocycles. The molecule has 0 aliphatic rings. The maximum absolute atomic E-state index is 10.7. The molecule has 5 heteroatoms. The van der Waals surface area contributed by atoms with Crippen LogP contribution in [0.15, 0.2) is 0 Å². The normalized spacial score (nSPS) is 11.5. The van der Waals surface area contributed by atoms with Crippen LogP contribution < -0.4 is 0 Å². The number of carbonyl (C=O) groups is 2. The molecule has 0 radical (unpaired) electrons. The first-order chi connectivity index (χ1) is 11.6. The van der Waals surface area contributed by atoms with E-state index in [4.69, 9.17) is 10.2 Å². The van der Waals surface area contributed by atoms with Crippen molar-refractivity contribution in [1.82, 2.24) is 0 Å². The number of aliphatic carboxylic acids is 2. The molecule has 0 amide bonds. The summed E-state index contributed by atoms with van der Waals surface area (Å²) in [4.78, 5) is 21.4. The Balaban J connectivity index is 3.56. The van der Waals surface area contributed by atoms with Gasteiger partial charge >= 0.3 is 11.9 Å². The minimum atomic E-state index is -0.767. The number of carboxylic acid groups (broad SMARTS) is 2. The van der Waals surface area contributed by atoms with Crippen LogP contribution in [0.5, 0.6) is 0 Å². The zero-order chi connectivity index (χ0) is 18.0. The standard InChI is InChI=1S/C19H38O4S/c1-2-3-4-5-6-7-8-9-10-11-12-15-24(16-13-18(20)21)17-14-19(22)23/h24H,2-17H2,1H3,(H,20,21)(H,22,23). The Morgan fingerprint density at radius 2 is 1.00 bits per heavy atom. The smallest absolute Gasteiger partial charge is 0.304 e. The van der Waals surface area contributed by atoms with E-state index in [2.05, 4.69) is 6.92 Å². The highest BCUT2D eigenvalue weighted by Gasteiger charge is 2.09. The van der Waals surface area contributed by atoms with Crippen LogP contribution in [-0.4, -0.2) is 39.4 Å². The van der Waals surface area contributed by atoms with Crippen molar-refractivity contribution in [2.75, 3.05) is 17.3 Å². The number of hydrogen-bond donors (Lipinski definition) is 3. The summed E-state index contributed by atoms with van der Waals surface area (Å²) < 4.78 is 0. The molecule has 0 saturated heterocycles. The molecule has 2 N–H and O–H groups in total. The maximum Gasteiger partial charge on any atom is 0.304 e. The third-order valence-electron chi connectivity index (χ3n) is 4.36. The molecule has 0 aliphatic carbocycles. The third kappa shape index (κ3) is 17.6. The van der Waals surface area contributed by atoms with Crippen molar-refractivity contribution in [3.63, 3.8) is 0 Å². The average Bonchev–Trinajstić information content (AvgIpc) is 2.54. The van der Waals surface area contributed by atoms with E-state index >= 15 is 0 Å². The predicted octanol–water partition coefficient (Wildman–Crippen LogP) is 5.25. The first-order valence-electron chi connectivity index (χ1n) is 9.72. The fourth-order valence-corrected chi connectivity index (χ4v) is 5.20. The van der Waals surface area contributed by atoms with Crippen molar-refractivity contribution in [2.24, 2.45) is 0 Å². The molecular weight excluding hydrogens is 324 g/mol. The van der Waals surface area contributed by atoms with Gasteiger partial charge in [-0.3, -0.25) is 20.5 Å². The van der Waals surface area contributed by atoms with Gasteiger partial charge in [0, 0.05) is 0 Å². The van der Waals surface area contributed by atoms with E-state index in [0.29, 0.717) is 11.5 Å². The summed E-state index contributed by atoms with van der Waals surface area (Å²) in [7, 11) is -0.424. The Labute approximate surface area is 150 Å². The van der Waals surface area contributed by atoms with Gasteiger partial charge < -0.3 is 10.2 Å². The SMILES string of the molecule is CCCCCCCCCCCCC[SH](CCC(=O)O)CCC(=O)O. The van der Waals surface area contributed by atoms with Crippen molar-refractivity contribution in [3.8, 4) is 0 Å². The van der Waals surface area contributed by atoms with Crippen LogP contribution >= 0.6 is 10.9 Å². The van der Waals surface area contributed by atoms with E-state index in [9.17, 15) is 9.59 Å². The molecule has 0 spiro atoms. The molecule has 0 aromatic rings. The molecule has 0 saturated carbocycles. The lowest BCUT2D eigenvalue weighted by Gasteiger charge is -2.19.